The molecule has 0 heterocycles. The maximum atomic E-state index is 13.7. The van der Waals surface area contributed by atoms with Crippen LogP contribution in [-0.4, -0.2) is 17.9 Å². The van der Waals surface area contributed by atoms with E-state index in [4.69, 9.17) is 0 Å². The Kier molecular flexibility index (Phi) is 4.88. The van der Waals surface area contributed by atoms with E-state index in [1.807, 2.05) is 0 Å². The van der Waals surface area contributed by atoms with Gasteiger partial charge in [0, 0.05) is 0 Å². The molecule has 0 spiro atoms. The molecule has 2 rings (SSSR count). The van der Waals surface area contributed by atoms with Gasteiger partial charge < -0.3 is 5.11 Å². The lowest BCUT2D eigenvalue weighted by molar-refractivity contribution is -0.198. The first-order chi connectivity index (χ1) is 10.4. The standard InChI is InChI=1S/C17H18F3NO/c1-16(17(18,19)20,14-10-6-3-7-11-14)21-15(12-22)13-8-4-2-5-9-13/h2-11,15,21-22H,12H2,1H3/t15-,16+/m0/s1. The summed E-state index contributed by atoms with van der Waals surface area (Å²) in [5, 5.41) is 12.1. The second-order valence-corrected chi connectivity index (χ2v) is 5.28. The molecule has 118 valence electrons. The van der Waals surface area contributed by atoms with Crippen LogP contribution in [0.4, 0.5) is 13.2 Å². The molecule has 2 aromatic carbocycles. The molecule has 2 N–H and O–H groups in total. The molecule has 0 unspecified atom stereocenters. The number of halogens is 3. The fourth-order valence-corrected chi connectivity index (χ4v) is 2.37. The van der Waals surface area contributed by atoms with E-state index in [1.165, 1.54) is 12.1 Å². The van der Waals surface area contributed by atoms with E-state index in [-0.39, 0.29) is 5.56 Å². The topological polar surface area (TPSA) is 32.3 Å². The highest BCUT2D eigenvalue weighted by molar-refractivity contribution is 5.28. The van der Waals surface area contributed by atoms with Gasteiger partial charge in [0.15, 0.2) is 0 Å². The Morgan fingerprint density at radius 2 is 1.45 bits per heavy atom. The molecule has 0 saturated carbocycles. The molecule has 0 aliphatic carbocycles. The van der Waals surface area contributed by atoms with Crippen LogP contribution in [0.1, 0.15) is 24.1 Å². The van der Waals surface area contributed by atoms with Gasteiger partial charge >= 0.3 is 6.18 Å². The van der Waals surface area contributed by atoms with Crippen molar-refractivity contribution in [3.05, 3.63) is 71.8 Å². The number of alkyl halides is 3. The van der Waals surface area contributed by atoms with Crippen LogP contribution in [0.25, 0.3) is 0 Å². The first-order valence-corrected chi connectivity index (χ1v) is 6.94. The van der Waals surface area contributed by atoms with E-state index >= 15 is 0 Å². The Hall–Kier alpha value is -1.85. The molecule has 0 aromatic heterocycles. The number of aliphatic hydroxyl groups excluding tert-OH is 1. The van der Waals surface area contributed by atoms with E-state index in [0.717, 1.165) is 6.92 Å². The molecule has 0 aliphatic rings. The van der Waals surface area contributed by atoms with Crippen LogP contribution >= 0.6 is 0 Å². The monoisotopic (exact) mass is 309 g/mol. The van der Waals surface area contributed by atoms with Gasteiger partial charge in [-0.05, 0) is 18.1 Å². The van der Waals surface area contributed by atoms with E-state index in [1.54, 1.807) is 48.5 Å². The lowest BCUT2D eigenvalue weighted by Gasteiger charge is -2.37. The molecule has 0 amide bonds. The Morgan fingerprint density at radius 3 is 1.91 bits per heavy atom. The molecule has 0 saturated heterocycles. The maximum absolute atomic E-state index is 13.7. The van der Waals surface area contributed by atoms with E-state index in [2.05, 4.69) is 5.32 Å². The van der Waals surface area contributed by atoms with Gasteiger partial charge in [-0.3, -0.25) is 5.32 Å². The summed E-state index contributed by atoms with van der Waals surface area (Å²) in [7, 11) is 0. The first kappa shape index (κ1) is 16.5. The average Bonchev–Trinajstić information content (AvgIpc) is 2.53. The molecule has 2 aromatic rings. The summed E-state index contributed by atoms with van der Waals surface area (Å²) in [5.74, 6) is 0. The minimum atomic E-state index is -4.50. The van der Waals surface area contributed by atoms with E-state index < -0.39 is 24.4 Å². The van der Waals surface area contributed by atoms with Crippen LogP contribution in [0, 0.1) is 0 Å². The lowest BCUT2D eigenvalue weighted by Crippen LogP contribution is -2.53. The average molecular weight is 309 g/mol. The molecule has 2 nitrogen and oxygen atoms in total. The zero-order chi connectivity index (χ0) is 16.2. The van der Waals surface area contributed by atoms with Crippen LogP contribution in [-0.2, 0) is 5.54 Å². The summed E-state index contributed by atoms with van der Waals surface area (Å²) in [5.41, 5.74) is -1.54. The Morgan fingerprint density at radius 1 is 0.955 bits per heavy atom. The lowest BCUT2D eigenvalue weighted by atomic mass is 9.89. The van der Waals surface area contributed by atoms with Gasteiger partial charge in [0.25, 0.3) is 0 Å². The Balaban J connectivity index is 2.39. The molecular weight excluding hydrogens is 291 g/mol. The highest BCUT2D eigenvalue weighted by Crippen LogP contribution is 2.40. The zero-order valence-electron chi connectivity index (χ0n) is 12.1. The van der Waals surface area contributed by atoms with Gasteiger partial charge in [0.05, 0.1) is 12.6 Å². The summed E-state index contributed by atoms with van der Waals surface area (Å²) in [6.45, 7) is 0.663. The number of hydrogen-bond donors (Lipinski definition) is 2. The van der Waals surface area contributed by atoms with Crippen LogP contribution in [0.2, 0.25) is 0 Å². The van der Waals surface area contributed by atoms with Crippen LogP contribution in [0.3, 0.4) is 0 Å². The summed E-state index contributed by atoms with van der Waals surface area (Å²) >= 11 is 0. The maximum Gasteiger partial charge on any atom is 0.410 e. The van der Waals surface area contributed by atoms with E-state index in [0.29, 0.717) is 5.56 Å². The minimum Gasteiger partial charge on any atom is -0.394 e. The molecule has 0 radical (unpaired) electrons. The minimum absolute atomic E-state index is 0.108. The van der Waals surface area contributed by atoms with Crippen LogP contribution in [0.5, 0.6) is 0 Å². The number of aliphatic hydroxyl groups is 1. The Bertz CT molecular complexity index is 586. The highest BCUT2D eigenvalue weighted by Gasteiger charge is 2.53. The van der Waals surface area contributed by atoms with Crippen LogP contribution in [0.15, 0.2) is 60.7 Å². The van der Waals surface area contributed by atoms with Crippen molar-refractivity contribution in [3.63, 3.8) is 0 Å². The van der Waals surface area contributed by atoms with Crippen molar-refractivity contribution in [2.75, 3.05) is 6.61 Å². The van der Waals surface area contributed by atoms with Gasteiger partial charge in [-0.1, -0.05) is 60.7 Å². The molecule has 0 bridgehead atoms. The molecule has 5 heteroatoms. The van der Waals surface area contributed by atoms with Crippen molar-refractivity contribution in [3.8, 4) is 0 Å². The Labute approximate surface area is 127 Å². The van der Waals surface area contributed by atoms with Gasteiger partial charge in [0.2, 0.25) is 0 Å². The molecule has 0 aliphatic heterocycles. The summed E-state index contributed by atoms with van der Waals surface area (Å²) in [4.78, 5) is 0. The predicted molar refractivity (Wildman–Crippen MR) is 79.3 cm³/mol. The van der Waals surface area contributed by atoms with Crippen molar-refractivity contribution in [1.82, 2.24) is 5.32 Å². The third kappa shape index (κ3) is 3.31. The smallest absolute Gasteiger partial charge is 0.394 e. The van der Waals surface area contributed by atoms with Crippen molar-refractivity contribution in [2.45, 2.75) is 24.7 Å². The van der Waals surface area contributed by atoms with Gasteiger partial charge in [0.1, 0.15) is 5.54 Å². The number of hydrogen-bond acceptors (Lipinski definition) is 2. The fourth-order valence-electron chi connectivity index (χ4n) is 2.37. The second kappa shape index (κ2) is 6.50. The normalized spacial score (nSPS) is 16.0. The third-order valence-electron chi connectivity index (χ3n) is 3.77. The van der Waals surface area contributed by atoms with Crippen molar-refractivity contribution >= 4 is 0 Å². The van der Waals surface area contributed by atoms with Gasteiger partial charge in [-0.25, -0.2) is 0 Å². The largest absolute Gasteiger partial charge is 0.410 e. The number of benzene rings is 2. The third-order valence-corrected chi connectivity index (χ3v) is 3.77. The van der Waals surface area contributed by atoms with Crippen molar-refractivity contribution in [1.29, 1.82) is 0 Å². The van der Waals surface area contributed by atoms with Gasteiger partial charge in [-0.2, -0.15) is 13.2 Å². The summed E-state index contributed by atoms with van der Waals surface area (Å²) in [6.07, 6.45) is -4.50. The molecular formula is C17H18F3NO. The number of nitrogens with one attached hydrogen (secondary N) is 1. The number of rotatable bonds is 5. The quantitative estimate of drug-likeness (QED) is 0.881. The van der Waals surface area contributed by atoms with Crippen molar-refractivity contribution in [2.24, 2.45) is 0 Å². The van der Waals surface area contributed by atoms with Crippen LogP contribution < -0.4 is 5.32 Å². The van der Waals surface area contributed by atoms with E-state index in [9.17, 15) is 18.3 Å². The SMILES string of the molecule is C[C@@](N[C@@H](CO)c1ccccc1)(c1ccccc1)C(F)(F)F. The van der Waals surface area contributed by atoms with Gasteiger partial charge in [-0.15, -0.1) is 0 Å². The molecule has 22 heavy (non-hydrogen) atoms. The fraction of sp³-hybridized carbons (Fsp3) is 0.294. The first-order valence-electron chi connectivity index (χ1n) is 6.94. The van der Waals surface area contributed by atoms with Crippen molar-refractivity contribution < 1.29 is 18.3 Å². The highest BCUT2D eigenvalue weighted by atomic mass is 19.4. The predicted octanol–water partition coefficient (Wildman–Crippen LogP) is 3.79. The summed E-state index contributed by atoms with van der Waals surface area (Å²) < 4.78 is 41.0. The second-order valence-electron chi connectivity index (χ2n) is 5.28. The summed E-state index contributed by atoms with van der Waals surface area (Å²) in [6, 6.07) is 15.5. The zero-order valence-corrected chi connectivity index (χ0v) is 12.1. The molecule has 2 atom stereocenters. The molecule has 0 fully saturated rings.